The summed E-state index contributed by atoms with van der Waals surface area (Å²) in [6.45, 7) is 2.10. The third kappa shape index (κ3) is 2.67. The first-order valence-corrected chi connectivity index (χ1v) is 8.36. The maximum Gasteiger partial charge on any atom is 0.0457 e. The van der Waals surface area contributed by atoms with E-state index in [1.54, 1.807) is 0 Å². The molecule has 1 saturated carbocycles. The van der Waals surface area contributed by atoms with Crippen molar-refractivity contribution in [1.29, 1.82) is 0 Å². The Morgan fingerprint density at radius 1 is 1.26 bits per heavy atom. The molecule has 0 atom stereocenters. The molecular weight excluding hydrogens is 252 g/mol. The second-order valence-corrected chi connectivity index (χ2v) is 6.83. The van der Waals surface area contributed by atoms with Crippen molar-refractivity contribution in [3.05, 3.63) is 36.0 Å². The van der Waals surface area contributed by atoms with Gasteiger partial charge in [-0.3, -0.25) is 0 Å². The lowest BCUT2D eigenvalue weighted by molar-refractivity contribution is 0.534. The Morgan fingerprint density at radius 2 is 2.05 bits per heavy atom. The lowest BCUT2D eigenvalue weighted by Crippen LogP contribution is -2.34. The van der Waals surface area contributed by atoms with Gasteiger partial charge < -0.3 is 10.3 Å². The summed E-state index contributed by atoms with van der Waals surface area (Å²) in [6.07, 6.45) is 9.94. The molecule has 19 heavy (non-hydrogen) atoms. The second-order valence-electron chi connectivity index (χ2n) is 5.56. The molecule has 1 heterocycles. The first kappa shape index (κ1) is 13.1. The molecule has 2 N–H and O–H groups in total. The molecule has 3 rings (SSSR count). The summed E-state index contributed by atoms with van der Waals surface area (Å²) in [5.74, 6) is 0. The highest BCUT2D eigenvalue weighted by molar-refractivity contribution is 8.00. The average Bonchev–Trinajstić information content (AvgIpc) is 3.07. The number of hydrogen-bond donors (Lipinski definition) is 2. The molecule has 2 nitrogen and oxygen atoms in total. The zero-order valence-electron chi connectivity index (χ0n) is 11.5. The number of benzene rings is 1. The minimum atomic E-state index is 0.492. The van der Waals surface area contributed by atoms with E-state index in [4.69, 9.17) is 0 Å². The first-order valence-electron chi connectivity index (χ1n) is 7.14. The number of nitrogens with one attached hydrogen (secondary N) is 2. The monoisotopic (exact) mass is 274 g/mol. The predicted octanol–water partition coefficient (Wildman–Crippen LogP) is 3.93. The van der Waals surface area contributed by atoms with Gasteiger partial charge in [-0.05, 0) is 30.7 Å². The lowest BCUT2D eigenvalue weighted by Gasteiger charge is -2.27. The third-order valence-corrected chi connectivity index (χ3v) is 5.80. The van der Waals surface area contributed by atoms with Crippen LogP contribution in [0.25, 0.3) is 10.9 Å². The highest BCUT2D eigenvalue weighted by atomic mass is 32.2. The number of para-hydroxylation sites is 1. The molecule has 3 heteroatoms. The van der Waals surface area contributed by atoms with E-state index in [0.717, 1.165) is 13.1 Å². The Balaban J connectivity index is 1.63. The normalized spacial score (nSPS) is 18.2. The second kappa shape index (κ2) is 5.59. The molecule has 0 bridgehead atoms. The van der Waals surface area contributed by atoms with E-state index < -0.39 is 0 Å². The van der Waals surface area contributed by atoms with E-state index >= 15 is 0 Å². The summed E-state index contributed by atoms with van der Waals surface area (Å²) >= 11 is 2.05. The van der Waals surface area contributed by atoms with Crippen molar-refractivity contribution in [1.82, 2.24) is 10.3 Å². The van der Waals surface area contributed by atoms with Crippen LogP contribution in [0.5, 0.6) is 0 Å². The molecule has 0 spiro atoms. The van der Waals surface area contributed by atoms with Gasteiger partial charge in [-0.15, -0.1) is 0 Å². The SMILES string of the molecule is CSC1(CNCc2c[nH]c3ccccc23)CCCC1. The number of aromatic amines is 1. The van der Waals surface area contributed by atoms with Crippen LogP contribution in [0, 0.1) is 0 Å². The zero-order chi connectivity index (χ0) is 13.1. The van der Waals surface area contributed by atoms with Crippen molar-refractivity contribution in [2.75, 3.05) is 12.8 Å². The van der Waals surface area contributed by atoms with Crippen LogP contribution in [0.3, 0.4) is 0 Å². The highest BCUT2D eigenvalue weighted by Gasteiger charge is 2.32. The molecule has 1 aliphatic rings. The quantitative estimate of drug-likeness (QED) is 0.864. The molecule has 2 aromatic rings. The summed E-state index contributed by atoms with van der Waals surface area (Å²) in [6, 6.07) is 8.53. The van der Waals surface area contributed by atoms with Crippen molar-refractivity contribution >= 4 is 22.7 Å². The average molecular weight is 274 g/mol. The van der Waals surface area contributed by atoms with Gasteiger partial charge in [0, 0.05) is 34.9 Å². The van der Waals surface area contributed by atoms with Gasteiger partial charge in [0.2, 0.25) is 0 Å². The highest BCUT2D eigenvalue weighted by Crippen LogP contribution is 2.39. The van der Waals surface area contributed by atoms with Crippen molar-refractivity contribution < 1.29 is 0 Å². The van der Waals surface area contributed by atoms with Gasteiger partial charge >= 0.3 is 0 Å². The molecule has 102 valence electrons. The zero-order valence-corrected chi connectivity index (χ0v) is 12.4. The molecule has 0 unspecified atom stereocenters. The van der Waals surface area contributed by atoms with Crippen LogP contribution in [0.4, 0.5) is 0 Å². The Bertz CT molecular complexity index is 540. The summed E-state index contributed by atoms with van der Waals surface area (Å²) < 4.78 is 0.492. The molecule has 1 aliphatic carbocycles. The number of hydrogen-bond acceptors (Lipinski definition) is 2. The van der Waals surface area contributed by atoms with Crippen LogP contribution in [-0.2, 0) is 6.54 Å². The van der Waals surface area contributed by atoms with Crippen LogP contribution < -0.4 is 5.32 Å². The number of rotatable bonds is 5. The van der Waals surface area contributed by atoms with Gasteiger partial charge in [-0.25, -0.2) is 0 Å². The van der Waals surface area contributed by atoms with Crippen LogP contribution in [0.15, 0.2) is 30.5 Å². The van der Waals surface area contributed by atoms with E-state index in [2.05, 4.69) is 58.8 Å². The molecule has 0 aliphatic heterocycles. The Kier molecular flexibility index (Phi) is 3.85. The van der Waals surface area contributed by atoms with Crippen molar-refractivity contribution in [3.63, 3.8) is 0 Å². The van der Waals surface area contributed by atoms with Crippen LogP contribution in [0.2, 0.25) is 0 Å². The number of thioether (sulfide) groups is 1. The first-order chi connectivity index (χ1) is 9.33. The molecule has 1 aromatic carbocycles. The smallest absolute Gasteiger partial charge is 0.0457 e. The van der Waals surface area contributed by atoms with Gasteiger partial charge in [0.1, 0.15) is 0 Å². The van der Waals surface area contributed by atoms with Crippen molar-refractivity contribution in [2.24, 2.45) is 0 Å². The van der Waals surface area contributed by atoms with Gasteiger partial charge in [0.15, 0.2) is 0 Å². The Morgan fingerprint density at radius 3 is 2.84 bits per heavy atom. The summed E-state index contributed by atoms with van der Waals surface area (Å²) in [5, 5.41) is 5.02. The fourth-order valence-corrected chi connectivity index (χ4v) is 4.12. The molecule has 0 amide bonds. The molecule has 1 aromatic heterocycles. The van der Waals surface area contributed by atoms with E-state index in [-0.39, 0.29) is 0 Å². The van der Waals surface area contributed by atoms with Gasteiger partial charge in [0.05, 0.1) is 0 Å². The largest absolute Gasteiger partial charge is 0.361 e. The minimum absolute atomic E-state index is 0.492. The predicted molar refractivity (Wildman–Crippen MR) is 84.7 cm³/mol. The minimum Gasteiger partial charge on any atom is -0.361 e. The third-order valence-electron chi connectivity index (χ3n) is 4.39. The van der Waals surface area contributed by atoms with E-state index in [0.29, 0.717) is 4.75 Å². The molecule has 0 radical (unpaired) electrons. The number of H-pyrrole nitrogens is 1. The summed E-state index contributed by atoms with van der Waals surface area (Å²) in [7, 11) is 0. The van der Waals surface area contributed by atoms with Crippen LogP contribution in [0.1, 0.15) is 31.2 Å². The standard InChI is InChI=1S/C16H22N2S/c1-19-16(8-4-5-9-16)12-17-10-13-11-18-15-7-3-2-6-14(13)15/h2-3,6-7,11,17-18H,4-5,8-10,12H2,1H3. The van der Waals surface area contributed by atoms with Gasteiger partial charge in [-0.2, -0.15) is 11.8 Å². The summed E-state index contributed by atoms with van der Waals surface area (Å²) in [5.41, 5.74) is 2.62. The fourth-order valence-electron chi connectivity index (χ4n) is 3.18. The molecular formula is C16H22N2S. The van der Waals surface area contributed by atoms with E-state index in [1.165, 1.54) is 42.1 Å². The Labute approximate surface area is 119 Å². The number of fused-ring (bicyclic) bond motifs is 1. The van der Waals surface area contributed by atoms with Crippen molar-refractivity contribution in [3.8, 4) is 0 Å². The lowest BCUT2D eigenvalue weighted by atomic mass is 10.1. The maximum absolute atomic E-state index is 3.67. The van der Waals surface area contributed by atoms with E-state index in [9.17, 15) is 0 Å². The Hall–Kier alpha value is -0.930. The van der Waals surface area contributed by atoms with E-state index in [1.807, 2.05) is 0 Å². The molecule has 1 fully saturated rings. The molecule has 0 saturated heterocycles. The van der Waals surface area contributed by atoms with Crippen molar-refractivity contribution in [2.45, 2.75) is 37.0 Å². The number of aromatic nitrogens is 1. The topological polar surface area (TPSA) is 27.8 Å². The summed E-state index contributed by atoms with van der Waals surface area (Å²) in [4.78, 5) is 3.34. The van der Waals surface area contributed by atoms with Crippen LogP contribution >= 0.6 is 11.8 Å². The maximum atomic E-state index is 3.67. The fraction of sp³-hybridized carbons (Fsp3) is 0.500. The van der Waals surface area contributed by atoms with Gasteiger partial charge in [-0.1, -0.05) is 31.0 Å². The van der Waals surface area contributed by atoms with Gasteiger partial charge in [0.25, 0.3) is 0 Å². The van der Waals surface area contributed by atoms with Crippen LogP contribution in [-0.4, -0.2) is 22.5 Å².